The first kappa shape index (κ1) is 11.9. The maximum absolute atomic E-state index is 3.47. The van der Waals surface area contributed by atoms with Gasteiger partial charge in [-0.15, -0.1) is 0 Å². The van der Waals surface area contributed by atoms with Crippen molar-refractivity contribution in [3.8, 4) is 0 Å². The van der Waals surface area contributed by atoms with Gasteiger partial charge in [-0.2, -0.15) is 0 Å². The lowest BCUT2D eigenvalue weighted by Gasteiger charge is -2.46. The summed E-state index contributed by atoms with van der Waals surface area (Å²) in [5.41, 5.74) is 0.587. The fourth-order valence-corrected chi connectivity index (χ4v) is 4.18. The standard InChI is InChI=1S/C14H27N3/c1-16-10-2-5-14(16)6-11-17(12-7-14)13-3-8-15-9-4-13/h13,15H,2-12H2,1H3. The SMILES string of the molecule is CN1CCCC12CCN(C1CCNCC1)CC2. The van der Waals surface area contributed by atoms with Crippen LogP contribution in [0.25, 0.3) is 0 Å². The second-order valence-corrected chi connectivity index (χ2v) is 6.27. The summed E-state index contributed by atoms with van der Waals surface area (Å²) in [5, 5.41) is 3.47. The van der Waals surface area contributed by atoms with Gasteiger partial charge in [0.15, 0.2) is 0 Å². The van der Waals surface area contributed by atoms with Crippen molar-refractivity contribution in [3.63, 3.8) is 0 Å². The fraction of sp³-hybridized carbons (Fsp3) is 1.00. The lowest BCUT2D eigenvalue weighted by Crippen LogP contribution is -2.54. The molecule has 3 aliphatic rings. The van der Waals surface area contributed by atoms with Crippen molar-refractivity contribution in [1.29, 1.82) is 0 Å². The first-order chi connectivity index (χ1) is 8.30. The number of hydrogen-bond donors (Lipinski definition) is 1. The summed E-state index contributed by atoms with van der Waals surface area (Å²) in [6.45, 7) is 6.47. The number of piperidine rings is 2. The van der Waals surface area contributed by atoms with Gasteiger partial charge in [-0.3, -0.25) is 0 Å². The van der Waals surface area contributed by atoms with Gasteiger partial charge in [0, 0.05) is 24.7 Å². The van der Waals surface area contributed by atoms with Crippen LogP contribution in [0.3, 0.4) is 0 Å². The number of rotatable bonds is 1. The summed E-state index contributed by atoms with van der Waals surface area (Å²) in [7, 11) is 2.34. The molecule has 1 spiro atoms. The zero-order valence-corrected chi connectivity index (χ0v) is 11.2. The van der Waals surface area contributed by atoms with Crippen LogP contribution in [0, 0.1) is 0 Å². The molecule has 0 amide bonds. The average Bonchev–Trinajstić information content (AvgIpc) is 2.73. The van der Waals surface area contributed by atoms with Crippen molar-refractivity contribution in [2.24, 2.45) is 0 Å². The fourth-order valence-electron chi connectivity index (χ4n) is 4.18. The topological polar surface area (TPSA) is 18.5 Å². The smallest absolute Gasteiger partial charge is 0.0231 e. The van der Waals surface area contributed by atoms with E-state index in [4.69, 9.17) is 0 Å². The van der Waals surface area contributed by atoms with Gasteiger partial charge >= 0.3 is 0 Å². The van der Waals surface area contributed by atoms with Crippen molar-refractivity contribution in [2.45, 2.75) is 50.1 Å². The maximum atomic E-state index is 3.47. The Morgan fingerprint density at radius 2 is 1.71 bits per heavy atom. The molecule has 3 heteroatoms. The molecule has 3 rings (SSSR count). The van der Waals surface area contributed by atoms with Crippen molar-refractivity contribution >= 4 is 0 Å². The molecular weight excluding hydrogens is 210 g/mol. The van der Waals surface area contributed by atoms with Crippen molar-refractivity contribution in [2.75, 3.05) is 39.8 Å². The third kappa shape index (κ3) is 2.25. The zero-order chi connectivity index (χ0) is 11.7. The summed E-state index contributed by atoms with van der Waals surface area (Å²) in [4.78, 5) is 5.42. The van der Waals surface area contributed by atoms with E-state index >= 15 is 0 Å². The maximum Gasteiger partial charge on any atom is 0.0231 e. The van der Waals surface area contributed by atoms with Gasteiger partial charge in [0.05, 0.1) is 0 Å². The summed E-state index contributed by atoms with van der Waals surface area (Å²) in [5.74, 6) is 0. The molecule has 0 bridgehead atoms. The molecule has 3 saturated heterocycles. The molecule has 1 N–H and O–H groups in total. The van der Waals surface area contributed by atoms with Crippen LogP contribution in [-0.2, 0) is 0 Å². The van der Waals surface area contributed by atoms with Crippen LogP contribution in [-0.4, -0.2) is 61.2 Å². The van der Waals surface area contributed by atoms with E-state index in [1.807, 2.05) is 0 Å². The van der Waals surface area contributed by atoms with E-state index < -0.39 is 0 Å². The lowest BCUT2D eigenvalue weighted by atomic mass is 9.84. The highest BCUT2D eigenvalue weighted by Crippen LogP contribution is 2.37. The normalized spacial score (nSPS) is 32.3. The predicted octanol–water partition coefficient (Wildman–Crippen LogP) is 1.30. The van der Waals surface area contributed by atoms with Crippen LogP contribution in [0.5, 0.6) is 0 Å². The minimum atomic E-state index is 0.587. The van der Waals surface area contributed by atoms with Gasteiger partial charge in [-0.25, -0.2) is 0 Å². The van der Waals surface area contributed by atoms with Crippen molar-refractivity contribution < 1.29 is 0 Å². The van der Waals surface area contributed by atoms with Gasteiger partial charge in [-0.05, 0) is 65.2 Å². The lowest BCUT2D eigenvalue weighted by molar-refractivity contribution is 0.0415. The largest absolute Gasteiger partial charge is 0.317 e. The highest BCUT2D eigenvalue weighted by molar-refractivity contribution is 4.99. The molecule has 3 heterocycles. The number of likely N-dealkylation sites (tertiary alicyclic amines) is 2. The molecule has 3 aliphatic heterocycles. The van der Waals surface area contributed by atoms with Crippen molar-refractivity contribution in [1.82, 2.24) is 15.1 Å². The second-order valence-electron chi connectivity index (χ2n) is 6.27. The molecule has 17 heavy (non-hydrogen) atoms. The van der Waals surface area contributed by atoms with Gasteiger partial charge < -0.3 is 15.1 Å². The van der Waals surface area contributed by atoms with Crippen LogP contribution in [0.1, 0.15) is 38.5 Å². The molecule has 0 unspecified atom stereocenters. The van der Waals surface area contributed by atoms with Crippen LogP contribution in [0.2, 0.25) is 0 Å². The minimum absolute atomic E-state index is 0.587. The first-order valence-electron chi connectivity index (χ1n) is 7.46. The molecular formula is C14H27N3. The molecule has 3 nitrogen and oxygen atoms in total. The minimum Gasteiger partial charge on any atom is -0.317 e. The van der Waals surface area contributed by atoms with E-state index in [1.54, 1.807) is 0 Å². The van der Waals surface area contributed by atoms with Crippen molar-refractivity contribution in [3.05, 3.63) is 0 Å². The summed E-state index contributed by atoms with van der Waals surface area (Å²) >= 11 is 0. The van der Waals surface area contributed by atoms with E-state index in [9.17, 15) is 0 Å². The van der Waals surface area contributed by atoms with Gasteiger partial charge in [0.2, 0.25) is 0 Å². The Balaban J connectivity index is 1.56. The van der Waals surface area contributed by atoms with Crippen LogP contribution < -0.4 is 5.32 Å². The summed E-state index contributed by atoms with van der Waals surface area (Å²) in [6.07, 6.45) is 8.42. The second kappa shape index (κ2) is 4.87. The molecule has 3 fully saturated rings. The Hall–Kier alpha value is -0.120. The van der Waals surface area contributed by atoms with E-state index in [0.717, 1.165) is 6.04 Å². The van der Waals surface area contributed by atoms with Crippen LogP contribution in [0.4, 0.5) is 0 Å². The Morgan fingerprint density at radius 1 is 1.00 bits per heavy atom. The van der Waals surface area contributed by atoms with E-state index in [0.29, 0.717) is 5.54 Å². The van der Waals surface area contributed by atoms with Gasteiger partial charge in [-0.1, -0.05) is 0 Å². The van der Waals surface area contributed by atoms with Crippen LogP contribution >= 0.6 is 0 Å². The van der Waals surface area contributed by atoms with Gasteiger partial charge in [0.25, 0.3) is 0 Å². The summed E-state index contributed by atoms with van der Waals surface area (Å²) < 4.78 is 0. The molecule has 0 atom stereocenters. The number of nitrogens with zero attached hydrogens (tertiary/aromatic N) is 2. The Kier molecular flexibility index (Phi) is 3.42. The zero-order valence-electron chi connectivity index (χ0n) is 11.2. The van der Waals surface area contributed by atoms with E-state index in [-0.39, 0.29) is 0 Å². The van der Waals surface area contributed by atoms with E-state index in [1.165, 1.54) is 71.2 Å². The quantitative estimate of drug-likeness (QED) is 0.741. The first-order valence-corrected chi connectivity index (χ1v) is 7.46. The highest BCUT2D eigenvalue weighted by Gasteiger charge is 2.41. The Morgan fingerprint density at radius 3 is 2.29 bits per heavy atom. The molecule has 98 valence electrons. The number of nitrogens with one attached hydrogen (secondary N) is 1. The van der Waals surface area contributed by atoms with Crippen LogP contribution in [0.15, 0.2) is 0 Å². The highest BCUT2D eigenvalue weighted by atomic mass is 15.2. The third-order valence-corrected chi connectivity index (χ3v) is 5.50. The average molecular weight is 237 g/mol. The molecule has 0 aliphatic carbocycles. The van der Waals surface area contributed by atoms with Gasteiger partial charge in [0.1, 0.15) is 0 Å². The molecule has 0 aromatic carbocycles. The predicted molar refractivity (Wildman–Crippen MR) is 71.3 cm³/mol. The third-order valence-electron chi connectivity index (χ3n) is 5.50. The Bertz CT molecular complexity index is 252. The molecule has 0 aromatic heterocycles. The molecule has 0 radical (unpaired) electrons. The monoisotopic (exact) mass is 237 g/mol. The number of hydrogen-bond acceptors (Lipinski definition) is 3. The molecule has 0 saturated carbocycles. The summed E-state index contributed by atoms with van der Waals surface area (Å²) in [6, 6.07) is 0.875. The van der Waals surface area contributed by atoms with E-state index in [2.05, 4.69) is 22.2 Å². The Labute approximate surface area is 106 Å². The molecule has 0 aromatic rings.